The molecular formula is C34H42N4O2. The summed E-state index contributed by atoms with van der Waals surface area (Å²) < 4.78 is 5.62. The monoisotopic (exact) mass is 538 g/mol. The Morgan fingerprint density at radius 2 is 1.80 bits per heavy atom. The van der Waals surface area contributed by atoms with Crippen molar-refractivity contribution in [2.24, 2.45) is 16.6 Å². The standard InChI is InChI=1S/C34H42N4O2/c1-37(22-21-25-11-5-3-6-12-25)33(39)20-19-31(26-13-7-4-8-14-26)38-24-28-23-27(17-18-30(28)36-34(38)35)29-15-9-10-16-32(29)40-2/h3,5-6,9-12,15-18,23,26,31H,4,7-8,13-14,19-22,24H2,1-2H3,(H2,35,36). The lowest BCUT2D eigenvalue weighted by Crippen LogP contribution is -2.49. The second kappa shape index (κ2) is 13.0. The van der Waals surface area contributed by atoms with Gasteiger partial charge in [0.15, 0.2) is 5.96 Å². The van der Waals surface area contributed by atoms with Crippen LogP contribution in [0.5, 0.6) is 5.75 Å². The van der Waals surface area contributed by atoms with Crippen LogP contribution in [0.3, 0.4) is 0 Å². The number of carbonyl (C=O) groups is 1. The van der Waals surface area contributed by atoms with E-state index in [0.29, 0.717) is 24.8 Å². The molecule has 0 bridgehead atoms. The summed E-state index contributed by atoms with van der Waals surface area (Å²) in [5, 5.41) is 0. The quantitative estimate of drug-likeness (QED) is 0.318. The number of rotatable bonds is 10. The van der Waals surface area contributed by atoms with Crippen molar-refractivity contribution in [2.75, 3.05) is 20.7 Å². The lowest BCUT2D eigenvalue weighted by molar-refractivity contribution is -0.130. The van der Waals surface area contributed by atoms with Crippen LogP contribution in [0, 0.1) is 5.92 Å². The van der Waals surface area contributed by atoms with Crippen LogP contribution in [0.1, 0.15) is 56.1 Å². The van der Waals surface area contributed by atoms with Gasteiger partial charge in [-0.1, -0.05) is 73.9 Å². The van der Waals surface area contributed by atoms with Gasteiger partial charge in [0.05, 0.1) is 12.8 Å². The van der Waals surface area contributed by atoms with Crippen LogP contribution in [0.15, 0.2) is 77.8 Å². The summed E-state index contributed by atoms with van der Waals surface area (Å²) in [5.41, 5.74) is 12.1. The molecule has 2 N–H and O–H groups in total. The number of fused-ring (bicyclic) bond motifs is 1. The zero-order chi connectivity index (χ0) is 27.9. The van der Waals surface area contributed by atoms with Gasteiger partial charge in [-0.3, -0.25) is 4.79 Å². The number of carbonyl (C=O) groups excluding carboxylic acids is 1. The van der Waals surface area contributed by atoms with Crippen LogP contribution in [-0.2, 0) is 17.8 Å². The van der Waals surface area contributed by atoms with Gasteiger partial charge in [0, 0.05) is 38.2 Å². The third-order valence-corrected chi connectivity index (χ3v) is 8.62. The number of nitrogens with two attached hydrogens (primary N) is 1. The minimum Gasteiger partial charge on any atom is -0.496 e. The molecule has 1 aliphatic carbocycles. The molecule has 6 heteroatoms. The molecule has 1 unspecified atom stereocenters. The van der Waals surface area contributed by atoms with Gasteiger partial charge in [-0.25, -0.2) is 4.99 Å². The van der Waals surface area contributed by atoms with E-state index < -0.39 is 0 Å². The zero-order valence-corrected chi connectivity index (χ0v) is 23.9. The third kappa shape index (κ3) is 6.49. The SMILES string of the molecule is COc1ccccc1-c1ccc2c(c1)CN(C(CCC(=O)N(C)CCc1ccccc1)C1CCCCC1)C(N)=N2. The first-order valence-electron chi connectivity index (χ1n) is 14.7. The van der Waals surface area contributed by atoms with Crippen LogP contribution in [-0.4, -0.2) is 48.4 Å². The third-order valence-electron chi connectivity index (χ3n) is 8.62. The zero-order valence-electron chi connectivity index (χ0n) is 23.9. The Morgan fingerprint density at radius 1 is 1.05 bits per heavy atom. The van der Waals surface area contributed by atoms with Crippen molar-refractivity contribution < 1.29 is 9.53 Å². The van der Waals surface area contributed by atoms with Crippen LogP contribution >= 0.6 is 0 Å². The van der Waals surface area contributed by atoms with E-state index in [4.69, 9.17) is 15.5 Å². The fourth-order valence-corrected chi connectivity index (χ4v) is 6.30. The molecule has 0 spiro atoms. The first-order valence-corrected chi connectivity index (χ1v) is 14.7. The average Bonchev–Trinajstić information content (AvgIpc) is 3.00. The summed E-state index contributed by atoms with van der Waals surface area (Å²) in [4.78, 5) is 22.2. The maximum atomic E-state index is 13.2. The van der Waals surface area contributed by atoms with E-state index >= 15 is 0 Å². The Kier molecular flexibility index (Phi) is 9.04. The average molecular weight is 539 g/mol. The maximum Gasteiger partial charge on any atom is 0.222 e. The number of methoxy groups -OCH3 is 1. The Bertz CT molecular complexity index is 1320. The van der Waals surface area contributed by atoms with Crippen molar-refractivity contribution in [3.63, 3.8) is 0 Å². The van der Waals surface area contributed by atoms with Gasteiger partial charge in [-0.2, -0.15) is 0 Å². The molecule has 1 heterocycles. The summed E-state index contributed by atoms with van der Waals surface area (Å²) in [6.07, 6.45) is 8.31. The summed E-state index contributed by atoms with van der Waals surface area (Å²) in [6, 6.07) is 25.0. The van der Waals surface area contributed by atoms with Crippen molar-refractivity contribution in [3.8, 4) is 16.9 Å². The number of nitrogens with zero attached hydrogens (tertiary/aromatic N) is 3. The van der Waals surface area contributed by atoms with Crippen molar-refractivity contribution >= 4 is 17.6 Å². The molecule has 3 aromatic carbocycles. The highest BCUT2D eigenvalue weighted by Gasteiger charge is 2.33. The number of aliphatic imine (C=N–C) groups is 1. The minimum atomic E-state index is 0.193. The first kappa shape index (κ1) is 27.8. The van der Waals surface area contributed by atoms with E-state index in [9.17, 15) is 4.79 Å². The molecule has 40 heavy (non-hydrogen) atoms. The molecule has 0 aromatic heterocycles. The van der Waals surface area contributed by atoms with Crippen molar-refractivity contribution in [1.29, 1.82) is 0 Å². The van der Waals surface area contributed by atoms with Crippen LogP contribution in [0.4, 0.5) is 5.69 Å². The molecule has 1 atom stereocenters. The molecule has 1 fully saturated rings. The normalized spacial score (nSPS) is 16.1. The van der Waals surface area contributed by atoms with Crippen molar-refractivity contribution in [3.05, 3.63) is 83.9 Å². The predicted molar refractivity (Wildman–Crippen MR) is 163 cm³/mol. The lowest BCUT2D eigenvalue weighted by Gasteiger charge is -2.41. The van der Waals surface area contributed by atoms with Gasteiger partial charge in [-0.15, -0.1) is 0 Å². The highest BCUT2D eigenvalue weighted by atomic mass is 16.5. The maximum absolute atomic E-state index is 13.2. The topological polar surface area (TPSA) is 71.2 Å². The van der Waals surface area contributed by atoms with Gasteiger partial charge in [0.2, 0.25) is 5.91 Å². The number of para-hydroxylation sites is 1. The van der Waals surface area contributed by atoms with E-state index in [0.717, 1.165) is 47.5 Å². The van der Waals surface area contributed by atoms with E-state index in [-0.39, 0.29) is 11.9 Å². The predicted octanol–water partition coefficient (Wildman–Crippen LogP) is 6.55. The van der Waals surface area contributed by atoms with Crippen LogP contribution in [0.25, 0.3) is 11.1 Å². The molecule has 1 amide bonds. The summed E-state index contributed by atoms with van der Waals surface area (Å²) in [7, 11) is 3.63. The van der Waals surface area contributed by atoms with E-state index in [2.05, 4.69) is 41.3 Å². The molecule has 5 rings (SSSR count). The highest BCUT2D eigenvalue weighted by molar-refractivity contribution is 5.85. The molecule has 1 saturated carbocycles. The molecule has 6 nitrogen and oxygen atoms in total. The molecular weight excluding hydrogens is 496 g/mol. The summed E-state index contributed by atoms with van der Waals surface area (Å²) >= 11 is 0. The van der Waals surface area contributed by atoms with Gasteiger partial charge < -0.3 is 20.3 Å². The van der Waals surface area contributed by atoms with Gasteiger partial charge in [-0.05, 0) is 66.5 Å². The van der Waals surface area contributed by atoms with E-state index in [1.165, 1.54) is 37.7 Å². The molecule has 2 aliphatic rings. The van der Waals surface area contributed by atoms with E-state index in [1.807, 2.05) is 48.3 Å². The molecule has 210 valence electrons. The number of likely N-dealkylation sites (N-methyl/N-ethyl adjacent to an activating group) is 1. The Hall–Kier alpha value is -3.80. The summed E-state index contributed by atoms with van der Waals surface area (Å²) in [5.74, 6) is 2.14. The van der Waals surface area contributed by atoms with E-state index in [1.54, 1.807) is 7.11 Å². The highest BCUT2D eigenvalue weighted by Crippen LogP contribution is 2.38. The molecule has 0 saturated heterocycles. The largest absolute Gasteiger partial charge is 0.496 e. The summed E-state index contributed by atoms with van der Waals surface area (Å²) in [6.45, 7) is 1.43. The molecule has 1 aliphatic heterocycles. The number of ether oxygens (including phenoxy) is 1. The van der Waals surface area contributed by atoms with Gasteiger partial charge >= 0.3 is 0 Å². The van der Waals surface area contributed by atoms with Gasteiger partial charge in [0.25, 0.3) is 0 Å². The smallest absolute Gasteiger partial charge is 0.222 e. The van der Waals surface area contributed by atoms with Crippen molar-refractivity contribution in [1.82, 2.24) is 9.80 Å². The number of amides is 1. The Morgan fingerprint density at radius 3 is 2.58 bits per heavy atom. The minimum absolute atomic E-state index is 0.193. The number of hydrogen-bond donors (Lipinski definition) is 1. The molecule has 0 radical (unpaired) electrons. The van der Waals surface area contributed by atoms with Crippen molar-refractivity contribution in [2.45, 2.75) is 64.0 Å². The first-order chi connectivity index (χ1) is 19.5. The number of benzene rings is 3. The molecule has 3 aromatic rings. The Balaban J connectivity index is 1.31. The second-order valence-electron chi connectivity index (χ2n) is 11.2. The lowest BCUT2D eigenvalue weighted by atomic mass is 9.81. The number of guanidine groups is 1. The Labute approximate surface area is 238 Å². The fourth-order valence-electron chi connectivity index (χ4n) is 6.30. The van der Waals surface area contributed by atoms with Crippen LogP contribution < -0.4 is 10.5 Å². The van der Waals surface area contributed by atoms with Gasteiger partial charge in [0.1, 0.15) is 5.75 Å². The second-order valence-corrected chi connectivity index (χ2v) is 11.2. The van der Waals surface area contributed by atoms with Crippen LogP contribution in [0.2, 0.25) is 0 Å². The fraction of sp³-hybridized carbons (Fsp3) is 0.412. The number of hydrogen-bond acceptors (Lipinski definition) is 5.